The van der Waals surface area contributed by atoms with E-state index in [2.05, 4.69) is 5.32 Å². The molecule has 122 valence electrons. The number of carbonyl (C=O) groups excluding carboxylic acids is 1. The summed E-state index contributed by atoms with van der Waals surface area (Å²) >= 11 is 0. The van der Waals surface area contributed by atoms with Gasteiger partial charge in [-0.2, -0.15) is 0 Å². The third-order valence-corrected chi connectivity index (χ3v) is 5.28. The number of nitrogens with one attached hydrogen (secondary N) is 1. The third-order valence-electron chi connectivity index (χ3n) is 3.47. The Morgan fingerprint density at radius 3 is 2.35 bits per heavy atom. The average molecular weight is 332 g/mol. The molecule has 0 aliphatic heterocycles. The summed E-state index contributed by atoms with van der Waals surface area (Å²) in [6.45, 7) is 1.82. The maximum atomic E-state index is 12.2. The van der Waals surface area contributed by atoms with E-state index in [0.717, 1.165) is 15.4 Å². The number of hydrogen-bond donors (Lipinski definition) is 1. The minimum Gasteiger partial charge on any atom is -0.326 e. The van der Waals surface area contributed by atoms with Gasteiger partial charge in [-0.1, -0.05) is 36.4 Å². The third kappa shape index (κ3) is 4.18. The minimum absolute atomic E-state index is 0.156. The SMILES string of the molecule is Cc1ccc(S(=O)(=O)N(C)C)cc1NC(=O)Cc1ccccc1. The first-order chi connectivity index (χ1) is 10.8. The number of amides is 1. The zero-order chi connectivity index (χ0) is 17.0. The summed E-state index contributed by atoms with van der Waals surface area (Å²) in [4.78, 5) is 12.3. The smallest absolute Gasteiger partial charge is 0.242 e. The van der Waals surface area contributed by atoms with Crippen LogP contribution in [0.2, 0.25) is 0 Å². The van der Waals surface area contributed by atoms with E-state index in [0.29, 0.717) is 5.69 Å². The molecule has 0 atom stereocenters. The summed E-state index contributed by atoms with van der Waals surface area (Å²) < 4.78 is 25.5. The summed E-state index contributed by atoms with van der Waals surface area (Å²) in [6, 6.07) is 14.1. The molecule has 0 heterocycles. The van der Waals surface area contributed by atoms with Crippen molar-refractivity contribution in [1.82, 2.24) is 4.31 Å². The van der Waals surface area contributed by atoms with Gasteiger partial charge in [-0.05, 0) is 30.2 Å². The molecule has 2 aromatic carbocycles. The van der Waals surface area contributed by atoms with Gasteiger partial charge in [0, 0.05) is 19.8 Å². The van der Waals surface area contributed by atoms with Crippen molar-refractivity contribution in [2.24, 2.45) is 0 Å². The molecule has 0 radical (unpaired) electrons. The highest BCUT2D eigenvalue weighted by molar-refractivity contribution is 7.89. The van der Waals surface area contributed by atoms with Gasteiger partial charge < -0.3 is 5.32 Å². The highest BCUT2D eigenvalue weighted by Crippen LogP contribution is 2.22. The first-order valence-electron chi connectivity index (χ1n) is 7.17. The van der Waals surface area contributed by atoms with Crippen LogP contribution in [-0.4, -0.2) is 32.7 Å². The Labute approximate surface area is 137 Å². The lowest BCUT2D eigenvalue weighted by Crippen LogP contribution is -2.22. The Balaban J connectivity index is 2.21. The fourth-order valence-electron chi connectivity index (χ4n) is 2.08. The molecule has 0 unspecified atom stereocenters. The van der Waals surface area contributed by atoms with Crippen LogP contribution in [0.15, 0.2) is 53.4 Å². The second-order valence-corrected chi connectivity index (χ2v) is 7.63. The van der Waals surface area contributed by atoms with Crippen LogP contribution in [0.25, 0.3) is 0 Å². The number of sulfonamides is 1. The molecule has 6 heteroatoms. The van der Waals surface area contributed by atoms with Crippen LogP contribution in [-0.2, 0) is 21.2 Å². The van der Waals surface area contributed by atoms with Crippen molar-refractivity contribution in [3.63, 3.8) is 0 Å². The Kier molecular flexibility index (Phi) is 5.18. The van der Waals surface area contributed by atoms with Gasteiger partial charge in [0.05, 0.1) is 11.3 Å². The number of carbonyl (C=O) groups is 1. The van der Waals surface area contributed by atoms with Gasteiger partial charge in [-0.3, -0.25) is 4.79 Å². The molecule has 2 aromatic rings. The second-order valence-electron chi connectivity index (χ2n) is 5.47. The Morgan fingerprint density at radius 2 is 1.74 bits per heavy atom. The molecule has 1 amide bonds. The highest BCUT2D eigenvalue weighted by Gasteiger charge is 2.18. The lowest BCUT2D eigenvalue weighted by Gasteiger charge is -2.14. The number of nitrogens with zero attached hydrogens (tertiary/aromatic N) is 1. The maximum absolute atomic E-state index is 12.2. The van der Waals surface area contributed by atoms with Crippen LogP contribution in [0.4, 0.5) is 5.69 Å². The largest absolute Gasteiger partial charge is 0.326 e. The lowest BCUT2D eigenvalue weighted by atomic mass is 10.1. The van der Waals surface area contributed by atoms with E-state index >= 15 is 0 Å². The summed E-state index contributed by atoms with van der Waals surface area (Å²) in [5.74, 6) is -0.182. The molecule has 0 aliphatic carbocycles. The summed E-state index contributed by atoms with van der Waals surface area (Å²) in [7, 11) is -0.579. The zero-order valence-electron chi connectivity index (χ0n) is 13.4. The van der Waals surface area contributed by atoms with Crippen LogP contribution in [0.5, 0.6) is 0 Å². The van der Waals surface area contributed by atoms with Gasteiger partial charge in [-0.25, -0.2) is 12.7 Å². The molecule has 1 N–H and O–H groups in total. The van der Waals surface area contributed by atoms with E-state index in [9.17, 15) is 13.2 Å². The Morgan fingerprint density at radius 1 is 1.09 bits per heavy atom. The van der Waals surface area contributed by atoms with Crippen LogP contribution < -0.4 is 5.32 Å². The fraction of sp³-hybridized carbons (Fsp3) is 0.235. The summed E-state index contributed by atoms with van der Waals surface area (Å²) in [6.07, 6.45) is 0.241. The maximum Gasteiger partial charge on any atom is 0.242 e. The first-order valence-corrected chi connectivity index (χ1v) is 8.61. The first kappa shape index (κ1) is 17.2. The number of benzene rings is 2. The monoisotopic (exact) mass is 332 g/mol. The topological polar surface area (TPSA) is 66.5 Å². The quantitative estimate of drug-likeness (QED) is 0.914. The van der Waals surface area contributed by atoms with E-state index in [1.54, 1.807) is 6.07 Å². The van der Waals surface area contributed by atoms with Crippen LogP contribution in [0.1, 0.15) is 11.1 Å². The molecule has 0 spiro atoms. The molecule has 0 bridgehead atoms. The fourth-order valence-corrected chi connectivity index (χ4v) is 3.01. The van der Waals surface area contributed by atoms with Crippen molar-refractivity contribution in [3.05, 3.63) is 59.7 Å². The lowest BCUT2D eigenvalue weighted by molar-refractivity contribution is -0.115. The Bertz CT molecular complexity index is 800. The van der Waals surface area contributed by atoms with E-state index in [4.69, 9.17) is 0 Å². The van der Waals surface area contributed by atoms with Crippen molar-refractivity contribution in [1.29, 1.82) is 0 Å². The molecule has 0 saturated carbocycles. The van der Waals surface area contributed by atoms with Gasteiger partial charge in [0.25, 0.3) is 0 Å². The van der Waals surface area contributed by atoms with Crippen LogP contribution in [0, 0.1) is 6.92 Å². The van der Waals surface area contributed by atoms with E-state index in [1.807, 2.05) is 37.3 Å². The van der Waals surface area contributed by atoms with Gasteiger partial charge in [-0.15, -0.1) is 0 Å². The molecule has 0 aromatic heterocycles. The average Bonchev–Trinajstić information content (AvgIpc) is 2.50. The van der Waals surface area contributed by atoms with Crippen molar-refractivity contribution in [3.8, 4) is 0 Å². The number of hydrogen-bond acceptors (Lipinski definition) is 3. The van der Waals surface area contributed by atoms with Gasteiger partial charge in [0.1, 0.15) is 0 Å². The van der Waals surface area contributed by atoms with Gasteiger partial charge >= 0.3 is 0 Å². The Hall–Kier alpha value is -2.18. The minimum atomic E-state index is -3.53. The van der Waals surface area contributed by atoms with Crippen molar-refractivity contribution in [2.45, 2.75) is 18.2 Å². The number of rotatable bonds is 5. The number of aryl methyl sites for hydroxylation is 1. The molecule has 2 rings (SSSR count). The van der Waals surface area contributed by atoms with E-state index < -0.39 is 10.0 Å². The molecule has 23 heavy (non-hydrogen) atoms. The van der Waals surface area contributed by atoms with E-state index in [-0.39, 0.29) is 17.2 Å². The van der Waals surface area contributed by atoms with Crippen molar-refractivity contribution in [2.75, 3.05) is 19.4 Å². The molecular weight excluding hydrogens is 312 g/mol. The van der Waals surface area contributed by atoms with Crippen LogP contribution in [0.3, 0.4) is 0 Å². The van der Waals surface area contributed by atoms with Crippen molar-refractivity contribution >= 4 is 21.6 Å². The zero-order valence-corrected chi connectivity index (χ0v) is 14.2. The standard InChI is InChI=1S/C17H20N2O3S/c1-13-9-10-15(23(21,22)19(2)3)12-16(13)18-17(20)11-14-7-5-4-6-8-14/h4-10,12H,11H2,1-3H3,(H,18,20). The second kappa shape index (κ2) is 6.93. The molecule has 0 fully saturated rings. The molecular formula is C17H20N2O3S. The molecule has 5 nitrogen and oxygen atoms in total. The molecule has 0 saturated heterocycles. The van der Waals surface area contributed by atoms with Crippen molar-refractivity contribution < 1.29 is 13.2 Å². The highest BCUT2D eigenvalue weighted by atomic mass is 32.2. The number of anilines is 1. The van der Waals surface area contributed by atoms with E-state index in [1.165, 1.54) is 26.2 Å². The molecule has 0 aliphatic rings. The normalized spacial score (nSPS) is 11.5. The summed E-state index contributed by atoms with van der Waals surface area (Å²) in [5.41, 5.74) is 2.22. The predicted molar refractivity (Wildman–Crippen MR) is 90.8 cm³/mol. The summed E-state index contributed by atoms with van der Waals surface area (Å²) in [5, 5.41) is 2.79. The van der Waals surface area contributed by atoms with Gasteiger partial charge in [0.15, 0.2) is 0 Å². The predicted octanol–water partition coefficient (Wildman–Crippen LogP) is 2.43. The van der Waals surface area contributed by atoms with Crippen LogP contribution >= 0.6 is 0 Å². The van der Waals surface area contributed by atoms with Gasteiger partial charge in [0.2, 0.25) is 15.9 Å².